The molecule has 7 nitrogen and oxygen atoms in total. The first-order chi connectivity index (χ1) is 13.1. The molecule has 0 unspecified atom stereocenters. The number of likely N-dealkylation sites (N-methyl/N-ethyl adjacent to an activating group) is 2. The predicted octanol–water partition coefficient (Wildman–Crippen LogP) is 1.40. The van der Waals surface area contributed by atoms with E-state index in [0.29, 0.717) is 26.2 Å². The van der Waals surface area contributed by atoms with Gasteiger partial charge in [-0.15, -0.1) is 0 Å². The maximum atomic E-state index is 12.8. The Labute approximate surface area is 163 Å². The summed E-state index contributed by atoms with van der Waals surface area (Å²) >= 11 is 1.55. The van der Waals surface area contributed by atoms with Crippen molar-refractivity contribution >= 4 is 38.5 Å². The number of nitrogens with one attached hydrogen (secondary N) is 1. The third-order valence-corrected chi connectivity index (χ3v) is 5.76. The molecule has 1 aliphatic heterocycles. The van der Waals surface area contributed by atoms with E-state index in [9.17, 15) is 9.59 Å². The molecule has 3 rings (SSSR count). The van der Waals surface area contributed by atoms with Gasteiger partial charge >= 0.3 is 0 Å². The molecule has 1 aromatic carbocycles. The smallest absolute Gasteiger partial charge is 0.242 e. The van der Waals surface area contributed by atoms with Crippen molar-refractivity contribution in [2.24, 2.45) is 0 Å². The Hall–Kier alpha value is -2.03. The number of hydrogen-bond donors (Lipinski definition) is 1. The molecule has 1 saturated heterocycles. The van der Waals surface area contributed by atoms with Crippen molar-refractivity contribution in [3.05, 3.63) is 24.3 Å². The SMILES string of the molecule is CCNC(=O)CN1CCN(CC(=O)N(CC)c2nc3ccccc3s2)CC1. The van der Waals surface area contributed by atoms with Gasteiger partial charge in [0.15, 0.2) is 5.13 Å². The largest absolute Gasteiger partial charge is 0.355 e. The molecule has 0 spiro atoms. The predicted molar refractivity (Wildman–Crippen MR) is 109 cm³/mol. The molecule has 0 saturated carbocycles. The van der Waals surface area contributed by atoms with Crippen LogP contribution in [0.3, 0.4) is 0 Å². The number of fused-ring (bicyclic) bond motifs is 1. The molecule has 2 heterocycles. The zero-order chi connectivity index (χ0) is 19.2. The lowest BCUT2D eigenvalue weighted by molar-refractivity contribution is -0.123. The molecule has 2 aromatic rings. The minimum absolute atomic E-state index is 0.0648. The number of aromatic nitrogens is 1. The summed E-state index contributed by atoms with van der Waals surface area (Å²) in [6, 6.07) is 7.96. The van der Waals surface area contributed by atoms with Crippen LogP contribution in [0.15, 0.2) is 24.3 Å². The van der Waals surface area contributed by atoms with Crippen molar-refractivity contribution in [3.63, 3.8) is 0 Å². The Morgan fingerprint density at radius 2 is 1.78 bits per heavy atom. The van der Waals surface area contributed by atoms with Crippen LogP contribution in [0.4, 0.5) is 5.13 Å². The topological polar surface area (TPSA) is 68.8 Å². The normalized spacial score (nSPS) is 15.8. The summed E-state index contributed by atoms with van der Waals surface area (Å²) in [6.45, 7) is 9.18. The van der Waals surface area contributed by atoms with Crippen LogP contribution in [0, 0.1) is 0 Å². The van der Waals surface area contributed by atoms with E-state index in [2.05, 4.69) is 20.1 Å². The molecule has 1 aliphatic rings. The van der Waals surface area contributed by atoms with Gasteiger partial charge in [0, 0.05) is 39.3 Å². The number of para-hydroxylation sites is 1. The maximum Gasteiger partial charge on any atom is 0.242 e. The molecular weight excluding hydrogens is 362 g/mol. The van der Waals surface area contributed by atoms with E-state index in [0.717, 1.165) is 41.5 Å². The van der Waals surface area contributed by atoms with Crippen LogP contribution in [-0.4, -0.2) is 79.0 Å². The number of anilines is 1. The van der Waals surface area contributed by atoms with Crippen LogP contribution in [-0.2, 0) is 9.59 Å². The number of benzene rings is 1. The van der Waals surface area contributed by atoms with Gasteiger partial charge in [-0.1, -0.05) is 23.5 Å². The molecule has 1 fully saturated rings. The lowest BCUT2D eigenvalue weighted by Gasteiger charge is -2.34. The van der Waals surface area contributed by atoms with Gasteiger partial charge in [-0.25, -0.2) is 4.98 Å². The highest BCUT2D eigenvalue weighted by Gasteiger charge is 2.24. The van der Waals surface area contributed by atoms with E-state index in [1.165, 1.54) is 0 Å². The number of carbonyl (C=O) groups is 2. The monoisotopic (exact) mass is 389 g/mol. The minimum Gasteiger partial charge on any atom is -0.355 e. The van der Waals surface area contributed by atoms with Gasteiger partial charge in [-0.05, 0) is 26.0 Å². The maximum absolute atomic E-state index is 12.8. The zero-order valence-electron chi connectivity index (χ0n) is 16.0. The van der Waals surface area contributed by atoms with Crippen LogP contribution in [0.25, 0.3) is 10.2 Å². The Balaban J connectivity index is 1.54. The van der Waals surface area contributed by atoms with Gasteiger partial charge in [0.1, 0.15) is 0 Å². The van der Waals surface area contributed by atoms with Crippen LogP contribution in [0.1, 0.15) is 13.8 Å². The molecule has 27 heavy (non-hydrogen) atoms. The van der Waals surface area contributed by atoms with Crippen LogP contribution in [0.2, 0.25) is 0 Å². The summed E-state index contributed by atoms with van der Waals surface area (Å²) in [5.41, 5.74) is 0.933. The van der Waals surface area contributed by atoms with Crippen LogP contribution >= 0.6 is 11.3 Å². The van der Waals surface area contributed by atoms with Crippen molar-refractivity contribution in [1.82, 2.24) is 20.1 Å². The average Bonchev–Trinajstić information content (AvgIpc) is 3.07. The molecule has 0 atom stereocenters. The molecular formula is C19H27N5O2S. The molecule has 1 N–H and O–H groups in total. The zero-order valence-corrected chi connectivity index (χ0v) is 16.8. The number of thiazole rings is 1. The Morgan fingerprint density at radius 1 is 1.11 bits per heavy atom. The Bertz CT molecular complexity index is 752. The third-order valence-electron chi connectivity index (χ3n) is 4.70. The van der Waals surface area contributed by atoms with Crippen molar-refractivity contribution in [2.75, 3.05) is 57.3 Å². The van der Waals surface area contributed by atoms with E-state index in [-0.39, 0.29) is 11.8 Å². The lowest BCUT2D eigenvalue weighted by atomic mass is 10.3. The number of carbonyl (C=O) groups excluding carboxylic acids is 2. The number of nitrogens with zero attached hydrogens (tertiary/aromatic N) is 4. The minimum atomic E-state index is 0.0648. The first kappa shape index (κ1) is 19.7. The number of piperazine rings is 1. The molecule has 2 amide bonds. The summed E-state index contributed by atoms with van der Waals surface area (Å²) in [6.07, 6.45) is 0. The van der Waals surface area contributed by atoms with Gasteiger partial charge in [0.05, 0.1) is 23.3 Å². The highest BCUT2D eigenvalue weighted by Crippen LogP contribution is 2.28. The van der Waals surface area contributed by atoms with E-state index in [4.69, 9.17) is 0 Å². The molecule has 0 aliphatic carbocycles. The van der Waals surface area contributed by atoms with Gasteiger partial charge < -0.3 is 5.32 Å². The summed E-state index contributed by atoms with van der Waals surface area (Å²) in [7, 11) is 0. The first-order valence-electron chi connectivity index (χ1n) is 9.48. The second kappa shape index (κ2) is 9.25. The van der Waals surface area contributed by atoms with E-state index < -0.39 is 0 Å². The molecule has 0 radical (unpaired) electrons. The standard InChI is InChI=1S/C19H27N5O2S/c1-3-20-17(25)13-22-9-11-23(12-10-22)14-18(26)24(4-2)19-21-15-7-5-6-8-16(15)27-19/h5-8H,3-4,9-14H2,1-2H3,(H,20,25). The fourth-order valence-electron chi connectivity index (χ4n) is 3.23. The molecule has 1 aromatic heterocycles. The van der Waals surface area contributed by atoms with Crippen LogP contribution in [0.5, 0.6) is 0 Å². The lowest BCUT2D eigenvalue weighted by Crippen LogP contribution is -2.52. The summed E-state index contributed by atoms with van der Waals surface area (Å²) in [4.78, 5) is 35.2. The van der Waals surface area contributed by atoms with Gasteiger partial charge in [-0.2, -0.15) is 0 Å². The first-order valence-corrected chi connectivity index (χ1v) is 10.3. The third kappa shape index (κ3) is 5.03. The summed E-state index contributed by atoms with van der Waals surface area (Å²) in [5.74, 6) is 0.142. The number of hydrogen-bond acceptors (Lipinski definition) is 6. The molecule has 146 valence electrons. The van der Waals surface area contributed by atoms with Gasteiger partial charge in [0.25, 0.3) is 0 Å². The second-order valence-corrected chi connectivity index (χ2v) is 7.62. The molecule has 0 bridgehead atoms. The fourth-order valence-corrected chi connectivity index (χ4v) is 4.28. The van der Waals surface area contributed by atoms with Gasteiger partial charge in [-0.3, -0.25) is 24.3 Å². The summed E-state index contributed by atoms with van der Waals surface area (Å²) < 4.78 is 1.10. The highest BCUT2D eigenvalue weighted by molar-refractivity contribution is 7.22. The number of amides is 2. The Kier molecular flexibility index (Phi) is 6.76. The Morgan fingerprint density at radius 3 is 2.41 bits per heavy atom. The quantitative estimate of drug-likeness (QED) is 0.775. The van der Waals surface area contributed by atoms with Crippen molar-refractivity contribution in [2.45, 2.75) is 13.8 Å². The average molecular weight is 390 g/mol. The van der Waals surface area contributed by atoms with E-state index in [1.807, 2.05) is 38.1 Å². The highest BCUT2D eigenvalue weighted by atomic mass is 32.1. The van der Waals surface area contributed by atoms with Crippen molar-refractivity contribution in [1.29, 1.82) is 0 Å². The molecule has 8 heteroatoms. The van der Waals surface area contributed by atoms with E-state index >= 15 is 0 Å². The second-order valence-electron chi connectivity index (χ2n) is 6.61. The van der Waals surface area contributed by atoms with Crippen molar-refractivity contribution in [3.8, 4) is 0 Å². The van der Waals surface area contributed by atoms with Crippen molar-refractivity contribution < 1.29 is 9.59 Å². The van der Waals surface area contributed by atoms with E-state index in [1.54, 1.807) is 16.2 Å². The fraction of sp³-hybridized carbons (Fsp3) is 0.526. The van der Waals surface area contributed by atoms with Crippen LogP contribution < -0.4 is 10.2 Å². The summed E-state index contributed by atoms with van der Waals surface area (Å²) in [5, 5.41) is 3.59. The number of rotatable bonds is 7. The van der Waals surface area contributed by atoms with Gasteiger partial charge in [0.2, 0.25) is 11.8 Å².